The zero-order chi connectivity index (χ0) is 22.8. The average Bonchev–Trinajstić information content (AvgIpc) is 2.99. The number of nitrogens with one attached hydrogen (secondary N) is 1. The number of amides is 2. The Morgan fingerprint density at radius 3 is 2.16 bits per heavy atom. The molecule has 2 aliphatic heterocycles. The lowest BCUT2D eigenvalue weighted by Crippen LogP contribution is -2.43. The highest BCUT2D eigenvalue weighted by molar-refractivity contribution is 6.36. The fraction of sp³-hybridized carbons (Fsp3) is 0.385. The van der Waals surface area contributed by atoms with Crippen molar-refractivity contribution in [1.29, 1.82) is 0 Å². The van der Waals surface area contributed by atoms with Gasteiger partial charge in [-0.1, -0.05) is 41.5 Å². The van der Waals surface area contributed by atoms with Crippen molar-refractivity contribution >= 4 is 23.1 Å². The summed E-state index contributed by atoms with van der Waals surface area (Å²) in [4.78, 5) is 30.6. The lowest BCUT2D eigenvalue weighted by atomic mass is 9.97. The van der Waals surface area contributed by atoms with Crippen LogP contribution in [0.2, 0.25) is 0 Å². The maximum atomic E-state index is 13.5. The highest BCUT2D eigenvalue weighted by atomic mass is 16.5. The van der Waals surface area contributed by atoms with Crippen LogP contribution >= 0.6 is 0 Å². The van der Waals surface area contributed by atoms with Gasteiger partial charge in [-0.05, 0) is 50.5 Å². The number of rotatable bonds is 6. The molecule has 0 aliphatic carbocycles. The summed E-state index contributed by atoms with van der Waals surface area (Å²) in [6, 6.07) is 12.0. The molecule has 0 unspecified atom stereocenters. The van der Waals surface area contributed by atoms with Gasteiger partial charge in [0.2, 0.25) is 0 Å². The number of nitrogens with zero attached hydrogens (tertiary/aromatic N) is 2. The fourth-order valence-electron chi connectivity index (χ4n) is 4.39. The molecule has 0 spiro atoms. The van der Waals surface area contributed by atoms with Gasteiger partial charge in [-0.15, -0.1) is 0 Å². The zero-order valence-electron chi connectivity index (χ0n) is 19.3. The Morgan fingerprint density at radius 2 is 1.50 bits per heavy atom. The topological polar surface area (TPSA) is 61.9 Å². The molecule has 168 valence electrons. The van der Waals surface area contributed by atoms with E-state index in [1.165, 1.54) is 4.90 Å². The first-order chi connectivity index (χ1) is 15.3. The van der Waals surface area contributed by atoms with Gasteiger partial charge in [0.05, 0.1) is 18.8 Å². The molecule has 1 saturated heterocycles. The second-order valence-electron chi connectivity index (χ2n) is 8.73. The number of hydrogen-bond donors (Lipinski definition) is 1. The van der Waals surface area contributed by atoms with Crippen molar-refractivity contribution in [2.24, 2.45) is 0 Å². The van der Waals surface area contributed by atoms with E-state index < -0.39 is 0 Å². The molecule has 4 rings (SSSR count). The number of carbonyl (C=O) groups excluding carboxylic acids is 2. The highest BCUT2D eigenvalue weighted by Crippen LogP contribution is 2.33. The molecule has 2 aliphatic rings. The summed E-state index contributed by atoms with van der Waals surface area (Å²) in [5.74, 6) is -0.499. The predicted molar refractivity (Wildman–Crippen MR) is 126 cm³/mol. The van der Waals surface area contributed by atoms with E-state index in [-0.39, 0.29) is 11.8 Å². The van der Waals surface area contributed by atoms with Crippen LogP contribution in [0.4, 0.5) is 5.69 Å². The van der Waals surface area contributed by atoms with Crippen LogP contribution in [0.5, 0.6) is 0 Å². The number of benzene rings is 2. The molecule has 32 heavy (non-hydrogen) atoms. The summed E-state index contributed by atoms with van der Waals surface area (Å²) < 4.78 is 5.41. The van der Waals surface area contributed by atoms with Gasteiger partial charge < -0.3 is 10.1 Å². The van der Waals surface area contributed by atoms with Crippen molar-refractivity contribution in [3.63, 3.8) is 0 Å². The third-order valence-electron chi connectivity index (χ3n) is 6.20. The molecule has 6 heteroatoms. The van der Waals surface area contributed by atoms with Gasteiger partial charge in [0.15, 0.2) is 0 Å². The van der Waals surface area contributed by atoms with Gasteiger partial charge >= 0.3 is 0 Å². The molecule has 0 aromatic heterocycles. The Bertz CT molecular complexity index is 1080. The van der Waals surface area contributed by atoms with Gasteiger partial charge in [0, 0.05) is 31.9 Å². The molecule has 2 aromatic carbocycles. The molecular formula is C26H31N3O3. The number of ether oxygens (including phenoxy) is 1. The summed E-state index contributed by atoms with van der Waals surface area (Å²) in [7, 11) is 0. The molecule has 6 nitrogen and oxygen atoms in total. The Labute approximate surface area is 189 Å². The van der Waals surface area contributed by atoms with Crippen LogP contribution in [0.25, 0.3) is 5.57 Å². The van der Waals surface area contributed by atoms with Crippen molar-refractivity contribution in [3.05, 3.63) is 69.9 Å². The van der Waals surface area contributed by atoms with Crippen LogP contribution < -0.4 is 5.32 Å². The van der Waals surface area contributed by atoms with Crippen molar-refractivity contribution in [2.45, 2.75) is 27.7 Å². The van der Waals surface area contributed by atoms with Crippen molar-refractivity contribution in [1.82, 2.24) is 9.80 Å². The largest absolute Gasteiger partial charge is 0.379 e. The molecule has 2 amide bonds. The van der Waals surface area contributed by atoms with Gasteiger partial charge in [0.1, 0.15) is 5.70 Å². The minimum Gasteiger partial charge on any atom is -0.379 e. The van der Waals surface area contributed by atoms with Crippen LogP contribution in [0, 0.1) is 27.7 Å². The van der Waals surface area contributed by atoms with Gasteiger partial charge in [-0.25, -0.2) is 0 Å². The monoisotopic (exact) mass is 433 g/mol. The highest BCUT2D eigenvalue weighted by Gasteiger charge is 2.39. The summed E-state index contributed by atoms with van der Waals surface area (Å²) in [5.41, 5.74) is 6.74. The third kappa shape index (κ3) is 4.47. The van der Waals surface area contributed by atoms with Crippen molar-refractivity contribution in [2.75, 3.05) is 44.7 Å². The molecule has 0 saturated carbocycles. The third-order valence-corrected chi connectivity index (χ3v) is 6.20. The molecule has 0 radical (unpaired) electrons. The number of imide groups is 1. The van der Waals surface area contributed by atoms with Gasteiger partial charge in [-0.3, -0.25) is 19.4 Å². The Morgan fingerprint density at radius 1 is 0.844 bits per heavy atom. The average molecular weight is 434 g/mol. The zero-order valence-corrected chi connectivity index (χ0v) is 19.3. The molecule has 2 heterocycles. The van der Waals surface area contributed by atoms with Crippen LogP contribution in [-0.2, 0) is 14.3 Å². The van der Waals surface area contributed by atoms with E-state index in [1.54, 1.807) is 0 Å². The lowest BCUT2D eigenvalue weighted by Gasteiger charge is -2.28. The summed E-state index contributed by atoms with van der Waals surface area (Å²) in [6.45, 7) is 12.1. The first-order valence-corrected chi connectivity index (χ1v) is 11.2. The first-order valence-electron chi connectivity index (χ1n) is 11.2. The molecular weight excluding hydrogens is 402 g/mol. The van der Waals surface area contributed by atoms with Gasteiger partial charge in [0.25, 0.3) is 11.8 Å². The molecule has 0 atom stereocenters. The number of aryl methyl sites for hydroxylation is 4. The molecule has 0 bridgehead atoms. The summed E-state index contributed by atoms with van der Waals surface area (Å²) in [5, 5.41) is 3.31. The Balaban J connectivity index is 1.68. The molecule has 2 aromatic rings. The number of carbonyl (C=O) groups is 2. The standard InChI is InChI=1S/C26H31N3O3/c1-17-5-7-21(19(3)15-17)23-24(27-22-8-6-18(2)16-20(22)4)26(31)29(25(23)30)10-9-28-11-13-32-14-12-28/h5-8,15-16,27H,9-14H2,1-4H3. The second kappa shape index (κ2) is 9.27. The number of hydrogen-bond acceptors (Lipinski definition) is 5. The lowest BCUT2D eigenvalue weighted by molar-refractivity contribution is -0.137. The fourth-order valence-corrected chi connectivity index (χ4v) is 4.39. The van der Waals surface area contributed by atoms with Crippen LogP contribution in [0.15, 0.2) is 42.1 Å². The van der Waals surface area contributed by atoms with Crippen molar-refractivity contribution in [3.8, 4) is 0 Å². The van der Waals surface area contributed by atoms with E-state index in [0.717, 1.165) is 46.6 Å². The quantitative estimate of drug-likeness (QED) is 0.707. The summed E-state index contributed by atoms with van der Waals surface area (Å²) >= 11 is 0. The smallest absolute Gasteiger partial charge is 0.278 e. The Hall–Kier alpha value is -2.96. The van der Waals surface area contributed by atoms with E-state index in [1.807, 2.05) is 58.0 Å². The SMILES string of the molecule is Cc1ccc(NC2=C(c3ccc(C)cc3C)C(=O)N(CCN3CCOCC3)C2=O)c(C)c1. The van der Waals surface area contributed by atoms with E-state index in [2.05, 4.69) is 16.3 Å². The second-order valence-corrected chi connectivity index (χ2v) is 8.73. The minimum absolute atomic E-state index is 0.234. The Kier molecular flexibility index (Phi) is 6.44. The normalized spacial score (nSPS) is 17.4. The maximum Gasteiger partial charge on any atom is 0.278 e. The van der Waals surface area contributed by atoms with Crippen molar-refractivity contribution < 1.29 is 14.3 Å². The summed E-state index contributed by atoms with van der Waals surface area (Å²) in [6.07, 6.45) is 0. The van der Waals surface area contributed by atoms with Crippen LogP contribution in [0.3, 0.4) is 0 Å². The first kappa shape index (κ1) is 22.2. The van der Waals surface area contributed by atoms with E-state index in [4.69, 9.17) is 4.74 Å². The number of morpholine rings is 1. The van der Waals surface area contributed by atoms with E-state index in [9.17, 15) is 9.59 Å². The van der Waals surface area contributed by atoms with E-state index >= 15 is 0 Å². The number of anilines is 1. The molecule has 1 N–H and O–H groups in total. The van der Waals surface area contributed by atoms with Crippen LogP contribution in [0.1, 0.15) is 27.8 Å². The molecule has 1 fully saturated rings. The maximum absolute atomic E-state index is 13.5. The van der Waals surface area contributed by atoms with Crippen LogP contribution in [-0.4, -0.2) is 61.0 Å². The van der Waals surface area contributed by atoms with Gasteiger partial charge in [-0.2, -0.15) is 0 Å². The van der Waals surface area contributed by atoms with E-state index in [0.29, 0.717) is 37.6 Å². The predicted octanol–water partition coefficient (Wildman–Crippen LogP) is 3.44. The minimum atomic E-state index is -0.266.